The van der Waals surface area contributed by atoms with Crippen molar-refractivity contribution in [3.05, 3.63) is 151 Å². The van der Waals surface area contributed by atoms with Crippen LogP contribution in [0.15, 0.2) is 140 Å². The summed E-state index contributed by atoms with van der Waals surface area (Å²) in [6.07, 6.45) is -6.15. The number of hydrogen-bond donors (Lipinski definition) is 0. The molecule has 0 unspecified atom stereocenters. The lowest BCUT2D eigenvalue weighted by atomic mass is 10.0. The van der Waals surface area contributed by atoms with E-state index < -0.39 is 23.5 Å². The minimum Gasteiger partial charge on any atom is -0.308 e. The van der Waals surface area contributed by atoms with Crippen molar-refractivity contribution in [3.8, 4) is 51.0 Å². The summed E-state index contributed by atoms with van der Waals surface area (Å²) in [5.74, 6) is 1.02. The normalized spacial score (nSPS) is 12.1. The molecular weight excluding hydrogens is 664 g/mol. The zero-order valence-corrected chi connectivity index (χ0v) is 26.3. The molecule has 0 spiro atoms. The molecule has 0 aliphatic carbocycles. The zero-order chi connectivity index (χ0) is 35.3. The monoisotopic (exact) mass is 687 g/mol. The lowest BCUT2D eigenvalue weighted by molar-refractivity contribution is -0.138. The number of halogens is 6. The minimum absolute atomic E-state index is 0.00857. The molecule has 5 nitrogen and oxygen atoms in total. The highest BCUT2D eigenvalue weighted by Gasteiger charge is 2.33. The van der Waals surface area contributed by atoms with Gasteiger partial charge in [0.1, 0.15) is 0 Å². The molecule has 0 atom stereocenters. The van der Waals surface area contributed by atoms with Gasteiger partial charge in [0.15, 0.2) is 17.5 Å². The molecule has 51 heavy (non-hydrogen) atoms. The van der Waals surface area contributed by atoms with E-state index in [0.29, 0.717) is 28.5 Å². The number of hydrogen-bond acceptors (Lipinski definition) is 4. The van der Waals surface area contributed by atoms with Gasteiger partial charge in [-0.15, -0.1) is 0 Å². The summed E-state index contributed by atoms with van der Waals surface area (Å²) in [5, 5.41) is 0.0171. The largest absolute Gasteiger partial charge is 0.416 e. The standard InChI is InChI=1S/C40H23F6N5/c41-39(42,43)28-14-17-33-31(21-28)32-22-29(40(44,45)46)15-18-34(32)51(33)35-20-26(27-12-7-19-47-23-27)13-16-30(35)38-49-36(24-8-3-1-4-9-24)48-37(50-38)25-10-5-2-6-11-25/h1-23H. The van der Waals surface area contributed by atoms with E-state index in [1.807, 2.05) is 78.9 Å². The SMILES string of the molecule is FC(F)(F)c1ccc2c(c1)c1cc(C(F)(F)F)ccc1n2-c1cc(-c2cccnc2)ccc1-c1nc(-c2ccccc2)nc(-c2ccccc2)n1. The van der Waals surface area contributed by atoms with Crippen molar-refractivity contribution < 1.29 is 26.3 Å². The van der Waals surface area contributed by atoms with Crippen molar-refractivity contribution in [1.82, 2.24) is 24.5 Å². The van der Waals surface area contributed by atoms with Crippen LogP contribution in [0.25, 0.3) is 72.8 Å². The number of fused-ring (bicyclic) bond motifs is 3. The Bertz CT molecular complexity index is 2420. The third-order valence-electron chi connectivity index (χ3n) is 8.59. The summed E-state index contributed by atoms with van der Waals surface area (Å²) < 4.78 is 85.5. The average Bonchev–Trinajstić information content (AvgIpc) is 3.48. The molecule has 3 aromatic heterocycles. The molecule has 3 heterocycles. The summed E-state index contributed by atoms with van der Waals surface area (Å²) in [7, 11) is 0. The number of pyridine rings is 1. The molecular formula is C40H23F6N5. The highest BCUT2D eigenvalue weighted by molar-refractivity contribution is 6.10. The Balaban J connectivity index is 1.47. The van der Waals surface area contributed by atoms with Crippen LogP contribution in [0.4, 0.5) is 26.3 Å². The van der Waals surface area contributed by atoms with E-state index in [1.165, 1.54) is 12.1 Å². The molecule has 0 bridgehead atoms. The Hall–Kier alpha value is -6.36. The Labute approximate surface area is 286 Å². The van der Waals surface area contributed by atoms with Crippen LogP contribution in [0, 0.1) is 0 Å². The van der Waals surface area contributed by atoms with Gasteiger partial charge < -0.3 is 4.57 Å². The fraction of sp³-hybridized carbons (Fsp3) is 0.0500. The highest BCUT2D eigenvalue weighted by Crippen LogP contribution is 2.42. The van der Waals surface area contributed by atoms with Crippen LogP contribution in [-0.4, -0.2) is 24.5 Å². The van der Waals surface area contributed by atoms with Crippen molar-refractivity contribution in [2.24, 2.45) is 0 Å². The van der Waals surface area contributed by atoms with Crippen LogP contribution in [0.5, 0.6) is 0 Å². The smallest absolute Gasteiger partial charge is 0.308 e. The first-order chi connectivity index (χ1) is 24.5. The molecule has 0 fully saturated rings. The first kappa shape index (κ1) is 31.9. The number of aromatic nitrogens is 5. The maximum absolute atomic E-state index is 14.0. The second-order valence-corrected chi connectivity index (χ2v) is 11.8. The Morgan fingerprint density at radius 3 is 1.45 bits per heavy atom. The summed E-state index contributed by atoms with van der Waals surface area (Å²) in [6.45, 7) is 0. The van der Waals surface area contributed by atoms with Crippen LogP contribution in [0.3, 0.4) is 0 Å². The van der Waals surface area contributed by atoms with E-state index in [2.05, 4.69) is 4.98 Å². The van der Waals surface area contributed by atoms with Gasteiger partial charge in [0.05, 0.1) is 27.8 Å². The van der Waals surface area contributed by atoms with Crippen molar-refractivity contribution >= 4 is 21.8 Å². The lowest BCUT2D eigenvalue weighted by Crippen LogP contribution is -2.05. The van der Waals surface area contributed by atoms with Gasteiger partial charge in [0.2, 0.25) is 0 Å². The fourth-order valence-corrected chi connectivity index (χ4v) is 6.18. The van der Waals surface area contributed by atoms with Gasteiger partial charge in [-0.1, -0.05) is 72.8 Å². The van der Waals surface area contributed by atoms with Crippen molar-refractivity contribution in [2.75, 3.05) is 0 Å². The number of benzene rings is 5. The predicted octanol–water partition coefficient (Wildman–Crippen LogP) is 11.1. The van der Waals surface area contributed by atoms with Crippen molar-refractivity contribution in [2.45, 2.75) is 12.4 Å². The van der Waals surface area contributed by atoms with Gasteiger partial charge in [-0.3, -0.25) is 4.98 Å². The Morgan fingerprint density at radius 2 is 0.961 bits per heavy atom. The van der Waals surface area contributed by atoms with E-state index in [9.17, 15) is 26.3 Å². The van der Waals surface area contributed by atoms with Gasteiger partial charge in [-0.25, -0.2) is 15.0 Å². The molecule has 5 aromatic carbocycles. The van der Waals surface area contributed by atoms with Gasteiger partial charge in [0, 0.05) is 45.4 Å². The molecule has 0 aliphatic heterocycles. The van der Waals surface area contributed by atoms with Crippen LogP contribution < -0.4 is 0 Å². The topological polar surface area (TPSA) is 56.5 Å². The number of nitrogens with zero attached hydrogens (tertiary/aromatic N) is 5. The summed E-state index contributed by atoms with van der Waals surface area (Å²) in [4.78, 5) is 18.8. The van der Waals surface area contributed by atoms with Crippen molar-refractivity contribution in [3.63, 3.8) is 0 Å². The van der Waals surface area contributed by atoms with Crippen LogP contribution in [0.2, 0.25) is 0 Å². The van der Waals surface area contributed by atoms with Gasteiger partial charge in [0.25, 0.3) is 0 Å². The third kappa shape index (κ3) is 5.96. The minimum atomic E-state index is -4.72. The second-order valence-electron chi connectivity index (χ2n) is 11.8. The lowest BCUT2D eigenvalue weighted by Gasteiger charge is -2.17. The first-order valence-corrected chi connectivity index (χ1v) is 15.7. The molecule has 250 valence electrons. The Morgan fingerprint density at radius 1 is 0.451 bits per heavy atom. The zero-order valence-electron chi connectivity index (χ0n) is 26.3. The average molecular weight is 688 g/mol. The molecule has 0 aliphatic rings. The second kappa shape index (κ2) is 12.2. The van der Waals surface area contributed by atoms with E-state index >= 15 is 0 Å². The summed E-state index contributed by atoms with van der Waals surface area (Å²) >= 11 is 0. The van der Waals surface area contributed by atoms with Gasteiger partial charge >= 0.3 is 12.4 Å². The number of rotatable bonds is 5. The quantitative estimate of drug-likeness (QED) is 0.169. The van der Waals surface area contributed by atoms with E-state index in [4.69, 9.17) is 15.0 Å². The molecule has 8 rings (SSSR count). The summed E-state index contributed by atoms with van der Waals surface area (Å²) in [6, 6.07) is 33.9. The molecule has 0 saturated heterocycles. The number of alkyl halides is 6. The van der Waals surface area contributed by atoms with Gasteiger partial charge in [-0.05, 0) is 60.2 Å². The van der Waals surface area contributed by atoms with Crippen LogP contribution in [-0.2, 0) is 12.4 Å². The molecule has 8 aromatic rings. The maximum Gasteiger partial charge on any atom is 0.416 e. The predicted molar refractivity (Wildman–Crippen MR) is 184 cm³/mol. The molecule has 0 radical (unpaired) electrons. The molecule has 0 N–H and O–H groups in total. The Kier molecular flexibility index (Phi) is 7.63. The maximum atomic E-state index is 14.0. The molecule has 11 heteroatoms. The van der Waals surface area contributed by atoms with Crippen molar-refractivity contribution in [1.29, 1.82) is 0 Å². The van der Waals surface area contributed by atoms with E-state index in [1.54, 1.807) is 29.1 Å². The summed E-state index contributed by atoms with van der Waals surface area (Å²) in [5.41, 5.74) is 2.38. The van der Waals surface area contributed by atoms with Crippen LogP contribution in [0.1, 0.15) is 11.1 Å². The molecule has 0 amide bonds. The van der Waals surface area contributed by atoms with E-state index in [0.717, 1.165) is 41.0 Å². The van der Waals surface area contributed by atoms with Gasteiger partial charge in [-0.2, -0.15) is 26.3 Å². The highest BCUT2D eigenvalue weighted by atomic mass is 19.4. The van der Waals surface area contributed by atoms with E-state index in [-0.39, 0.29) is 27.6 Å². The fourth-order valence-electron chi connectivity index (χ4n) is 6.18. The molecule has 0 saturated carbocycles. The van der Waals surface area contributed by atoms with Crippen LogP contribution >= 0.6 is 0 Å². The third-order valence-corrected chi connectivity index (χ3v) is 8.59. The first-order valence-electron chi connectivity index (χ1n) is 15.7.